The molecule has 0 amide bonds. The van der Waals surface area contributed by atoms with Crippen LogP contribution in [-0.2, 0) is 6.42 Å². The van der Waals surface area contributed by atoms with Crippen molar-refractivity contribution in [3.63, 3.8) is 0 Å². The van der Waals surface area contributed by atoms with Gasteiger partial charge in [-0.05, 0) is 0 Å². The molecule has 1 aromatic rings. The molecule has 3 nitrogen and oxygen atoms in total. The van der Waals surface area contributed by atoms with Gasteiger partial charge in [-0.15, -0.1) is 0 Å². The molecule has 0 bridgehead atoms. The zero-order chi connectivity index (χ0) is 17.0. The number of halogens is 5. The third-order valence-corrected chi connectivity index (χ3v) is 5.19. The fourth-order valence-corrected chi connectivity index (χ4v) is 3.69. The Bertz CT molecular complexity index is 508. The van der Waals surface area contributed by atoms with E-state index in [-0.39, 0.29) is 10.2 Å². The average Bonchev–Trinajstić information content (AvgIpc) is 2.44. The van der Waals surface area contributed by atoms with Crippen molar-refractivity contribution in [3.8, 4) is 11.5 Å². The summed E-state index contributed by atoms with van der Waals surface area (Å²) < 4.78 is 73.2. The fourth-order valence-electron chi connectivity index (χ4n) is 1.65. The van der Waals surface area contributed by atoms with Crippen molar-refractivity contribution in [2.45, 2.75) is 23.8 Å². The molecule has 1 aromatic carbocycles. The summed E-state index contributed by atoms with van der Waals surface area (Å²) in [6.45, 7) is 0.343. The average molecular weight is 392 g/mol. The van der Waals surface area contributed by atoms with Gasteiger partial charge in [-0.1, -0.05) is 0 Å². The monoisotopic (exact) mass is 393 g/mol. The first-order valence-electron chi connectivity index (χ1n) is 6.18. The van der Waals surface area contributed by atoms with E-state index in [0.717, 1.165) is 0 Å². The SMILES string of the molecule is COc1cc([Se]CC(F)(F)C(F)(F)F)c(OC)cc1CCN. The molecular weight excluding hydrogens is 376 g/mol. The molecule has 2 N–H and O–H groups in total. The molecule has 0 aromatic heterocycles. The van der Waals surface area contributed by atoms with Crippen LogP contribution >= 0.6 is 0 Å². The molecule has 1 rings (SSSR count). The molecule has 0 unspecified atom stereocenters. The summed E-state index contributed by atoms with van der Waals surface area (Å²) in [5.74, 6) is -4.05. The second-order valence-electron chi connectivity index (χ2n) is 4.34. The Balaban J connectivity index is 3.04. The number of alkyl halides is 5. The standard InChI is InChI=1S/C13H16F5NO2Se/c1-20-9-6-11(10(21-2)5-8(9)3-4-19)22-7-12(14,15)13(16,17)18/h5-6H,3-4,7,19H2,1-2H3. The summed E-state index contributed by atoms with van der Waals surface area (Å²) in [6, 6.07) is 3.00. The van der Waals surface area contributed by atoms with Gasteiger partial charge in [0.15, 0.2) is 0 Å². The molecule has 0 saturated heterocycles. The molecule has 0 spiro atoms. The second-order valence-corrected chi connectivity index (χ2v) is 6.48. The van der Waals surface area contributed by atoms with Crippen molar-refractivity contribution in [1.82, 2.24) is 0 Å². The van der Waals surface area contributed by atoms with Gasteiger partial charge >= 0.3 is 130 Å². The van der Waals surface area contributed by atoms with Crippen molar-refractivity contribution in [2.75, 3.05) is 20.8 Å². The minimum absolute atomic E-state index is 0.266. The Labute approximate surface area is 131 Å². The summed E-state index contributed by atoms with van der Waals surface area (Å²) in [6.07, 6.45) is -5.07. The Morgan fingerprint density at radius 3 is 2.09 bits per heavy atom. The van der Waals surface area contributed by atoms with Gasteiger partial charge in [0.2, 0.25) is 0 Å². The molecule has 9 heteroatoms. The van der Waals surface area contributed by atoms with Gasteiger partial charge in [0.25, 0.3) is 0 Å². The van der Waals surface area contributed by atoms with Crippen LogP contribution < -0.4 is 19.7 Å². The third-order valence-electron chi connectivity index (χ3n) is 2.80. The molecule has 0 atom stereocenters. The third kappa shape index (κ3) is 4.47. The van der Waals surface area contributed by atoms with Crippen LogP contribution in [0.15, 0.2) is 12.1 Å². The van der Waals surface area contributed by atoms with E-state index >= 15 is 0 Å². The molecule has 0 fully saturated rings. The van der Waals surface area contributed by atoms with E-state index < -0.39 is 32.4 Å². The van der Waals surface area contributed by atoms with E-state index in [9.17, 15) is 22.0 Å². The predicted octanol–water partition coefficient (Wildman–Crippen LogP) is 2.15. The topological polar surface area (TPSA) is 44.5 Å². The van der Waals surface area contributed by atoms with E-state index in [1.807, 2.05) is 0 Å². The fraction of sp³-hybridized carbons (Fsp3) is 0.538. The molecule has 126 valence electrons. The predicted molar refractivity (Wildman–Crippen MR) is 73.5 cm³/mol. The van der Waals surface area contributed by atoms with Crippen LogP contribution in [0, 0.1) is 0 Å². The van der Waals surface area contributed by atoms with Crippen LogP contribution in [0.2, 0.25) is 5.32 Å². The van der Waals surface area contributed by atoms with Crippen molar-refractivity contribution < 1.29 is 31.4 Å². The number of nitrogens with two attached hydrogens (primary N) is 1. The number of methoxy groups -OCH3 is 2. The molecule has 22 heavy (non-hydrogen) atoms. The van der Waals surface area contributed by atoms with Crippen molar-refractivity contribution >= 4 is 19.4 Å². The van der Waals surface area contributed by atoms with E-state index in [4.69, 9.17) is 15.2 Å². The van der Waals surface area contributed by atoms with E-state index in [1.165, 1.54) is 20.3 Å². The zero-order valence-electron chi connectivity index (χ0n) is 12.0. The van der Waals surface area contributed by atoms with Crippen LogP contribution in [0.4, 0.5) is 22.0 Å². The quantitative estimate of drug-likeness (QED) is 0.572. The van der Waals surface area contributed by atoms with Crippen LogP contribution in [-0.4, -0.2) is 47.8 Å². The van der Waals surface area contributed by atoms with E-state index in [1.54, 1.807) is 6.07 Å². The first-order valence-corrected chi connectivity index (χ1v) is 8.25. The first-order chi connectivity index (χ1) is 10.2. The molecule has 0 heterocycles. The van der Waals surface area contributed by atoms with Crippen LogP contribution in [0.3, 0.4) is 0 Å². The van der Waals surface area contributed by atoms with Crippen molar-refractivity contribution in [1.29, 1.82) is 0 Å². The summed E-state index contributed by atoms with van der Waals surface area (Å²) in [4.78, 5) is 0. The Morgan fingerprint density at radius 1 is 1.05 bits per heavy atom. The Kier molecular flexibility index (Phi) is 6.46. The number of hydrogen-bond donors (Lipinski definition) is 1. The van der Waals surface area contributed by atoms with Crippen molar-refractivity contribution in [3.05, 3.63) is 17.7 Å². The first kappa shape index (κ1) is 19.0. The molecule has 0 aliphatic rings. The van der Waals surface area contributed by atoms with Gasteiger partial charge < -0.3 is 0 Å². The molecule has 0 saturated carbocycles. The van der Waals surface area contributed by atoms with Crippen LogP contribution in [0.25, 0.3) is 0 Å². The molecule has 0 radical (unpaired) electrons. The Morgan fingerprint density at radius 2 is 1.64 bits per heavy atom. The van der Waals surface area contributed by atoms with Crippen LogP contribution in [0.5, 0.6) is 11.5 Å². The molecule has 0 aliphatic heterocycles. The van der Waals surface area contributed by atoms with Crippen molar-refractivity contribution in [2.24, 2.45) is 5.73 Å². The maximum atomic E-state index is 13.0. The van der Waals surface area contributed by atoms with E-state index in [0.29, 0.717) is 24.3 Å². The van der Waals surface area contributed by atoms with E-state index in [2.05, 4.69) is 0 Å². The summed E-state index contributed by atoms with van der Waals surface area (Å²) in [5, 5.41) is -1.29. The van der Waals surface area contributed by atoms with Gasteiger partial charge in [0.1, 0.15) is 0 Å². The minimum atomic E-state index is -5.55. The Hall–Kier alpha value is -1.05. The maximum absolute atomic E-state index is 13.0. The zero-order valence-corrected chi connectivity index (χ0v) is 13.7. The summed E-state index contributed by atoms with van der Waals surface area (Å²) >= 11 is -1.13. The van der Waals surface area contributed by atoms with Crippen LogP contribution in [0.1, 0.15) is 5.56 Å². The van der Waals surface area contributed by atoms with Gasteiger partial charge in [0, 0.05) is 0 Å². The number of benzene rings is 1. The normalized spacial score (nSPS) is 12.4. The van der Waals surface area contributed by atoms with Gasteiger partial charge in [-0.2, -0.15) is 0 Å². The van der Waals surface area contributed by atoms with Gasteiger partial charge in [-0.25, -0.2) is 0 Å². The van der Waals surface area contributed by atoms with Gasteiger partial charge in [0.05, 0.1) is 0 Å². The molecular formula is C13H16F5NO2Se. The van der Waals surface area contributed by atoms with Gasteiger partial charge in [-0.3, -0.25) is 0 Å². The number of hydrogen-bond acceptors (Lipinski definition) is 3. The summed E-state index contributed by atoms with van der Waals surface area (Å²) in [5.41, 5.74) is 6.17. The summed E-state index contributed by atoms with van der Waals surface area (Å²) in [7, 11) is 2.72. The second kappa shape index (κ2) is 7.48. The number of rotatable bonds is 7. The number of ether oxygens (including phenoxy) is 2. The molecule has 0 aliphatic carbocycles.